The summed E-state index contributed by atoms with van der Waals surface area (Å²) in [7, 11) is 0. The number of carbonyl (C=O) groups is 1. The summed E-state index contributed by atoms with van der Waals surface area (Å²) in [5, 5.41) is 9.51. The number of primary amides is 1. The molecular weight excluding hydrogens is 230 g/mol. The van der Waals surface area contributed by atoms with E-state index in [1.54, 1.807) is 6.07 Å². The maximum Gasteiger partial charge on any atom is 0.404 e. The van der Waals surface area contributed by atoms with Crippen molar-refractivity contribution in [3.8, 4) is 5.75 Å². The Morgan fingerprint density at radius 3 is 2.94 bits per heavy atom. The minimum absolute atomic E-state index is 0.338. The van der Waals surface area contributed by atoms with Crippen LogP contribution in [0.4, 0.5) is 4.79 Å². The van der Waals surface area contributed by atoms with Gasteiger partial charge in [0.1, 0.15) is 5.75 Å². The van der Waals surface area contributed by atoms with Gasteiger partial charge in [0, 0.05) is 0 Å². The van der Waals surface area contributed by atoms with Crippen molar-refractivity contribution >= 4 is 6.09 Å². The van der Waals surface area contributed by atoms with Gasteiger partial charge in [0.15, 0.2) is 0 Å². The monoisotopic (exact) mass is 249 g/mol. The molecule has 1 amide bonds. The Morgan fingerprint density at radius 1 is 1.50 bits per heavy atom. The van der Waals surface area contributed by atoms with Gasteiger partial charge in [-0.25, -0.2) is 4.79 Å². The average molecular weight is 249 g/mol. The van der Waals surface area contributed by atoms with Crippen molar-refractivity contribution in [1.82, 2.24) is 0 Å². The van der Waals surface area contributed by atoms with Gasteiger partial charge >= 0.3 is 6.09 Å². The van der Waals surface area contributed by atoms with Crippen molar-refractivity contribution in [1.29, 1.82) is 0 Å². The van der Waals surface area contributed by atoms with E-state index in [-0.39, 0.29) is 0 Å². The van der Waals surface area contributed by atoms with Gasteiger partial charge in [-0.05, 0) is 55.2 Å². The summed E-state index contributed by atoms with van der Waals surface area (Å²) >= 11 is 0. The summed E-state index contributed by atoms with van der Waals surface area (Å²) in [6, 6.07) is 5.76. The van der Waals surface area contributed by atoms with Crippen molar-refractivity contribution in [2.45, 2.75) is 32.1 Å². The predicted octanol–water partition coefficient (Wildman–Crippen LogP) is 2.68. The molecule has 1 aliphatic carbocycles. The molecule has 0 radical (unpaired) electrons. The molecule has 0 saturated heterocycles. The van der Waals surface area contributed by atoms with E-state index in [0.717, 1.165) is 24.8 Å². The fraction of sp³-hybridized carbons (Fsp3) is 0.500. The highest BCUT2D eigenvalue weighted by Crippen LogP contribution is 2.39. The van der Waals surface area contributed by atoms with Gasteiger partial charge in [0.2, 0.25) is 0 Å². The first-order chi connectivity index (χ1) is 8.56. The molecule has 1 aromatic rings. The van der Waals surface area contributed by atoms with E-state index in [9.17, 15) is 9.90 Å². The molecule has 18 heavy (non-hydrogen) atoms. The lowest BCUT2D eigenvalue weighted by molar-refractivity contribution is 0.137. The number of nitrogens with two attached hydrogens (primary N) is 1. The number of rotatable bonds is 3. The predicted molar refractivity (Wildman–Crippen MR) is 68.5 cm³/mol. The highest BCUT2D eigenvalue weighted by Gasteiger charge is 2.26. The van der Waals surface area contributed by atoms with Crippen molar-refractivity contribution in [2.75, 3.05) is 6.61 Å². The van der Waals surface area contributed by atoms with Crippen LogP contribution in [-0.4, -0.2) is 17.8 Å². The van der Waals surface area contributed by atoms with Crippen molar-refractivity contribution < 1.29 is 14.6 Å². The van der Waals surface area contributed by atoms with Crippen molar-refractivity contribution in [3.05, 3.63) is 29.3 Å². The minimum atomic E-state index is -0.695. The molecule has 4 heteroatoms. The molecule has 0 spiro atoms. The van der Waals surface area contributed by atoms with E-state index in [1.807, 2.05) is 19.1 Å². The number of hydrogen-bond acceptors (Lipinski definition) is 3. The van der Waals surface area contributed by atoms with Crippen LogP contribution in [0.25, 0.3) is 0 Å². The van der Waals surface area contributed by atoms with E-state index < -0.39 is 6.09 Å². The first-order valence-corrected chi connectivity index (χ1v) is 6.28. The average Bonchev–Trinajstić information content (AvgIpc) is 2.79. The van der Waals surface area contributed by atoms with Gasteiger partial charge in [-0.1, -0.05) is 12.1 Å². The number of carbonyl (C=O) groups excluding carboxylic acids is 1. The molecular formula is C14H19NO3. The Kier molecular flexibility index (Phi) is 3.75. The van der Waals surface area contributed by atoms with Crippen LogP contribution in [0.5, 0.6) is 5.75 Å². The first kappa shape index (κ1) is 12.7. The molecule has 1 saturated carbocycles. The zero-order valence-corrected chi connectivity index (χ0v) is 10.6. The minimum Gasteiger partial charge on any atom is -0.508 e. The summed E-state index contributed by atoms with van der Waals surface area (Å²) in [5.74, 6) is 1.23. The lowest BCUT2D eigenvalue weighted by atomic mass is 9.95. The highest BCUT2D eigenvalue weighted by molar-refractivity contribution is 5.64. The van der Waals surface area contributed by atoms with Gasteiger partial charge < -0.3 is 15.6 Å². The van der Waals surface area contributed by atoms with E-state index >= 15 is 0 Å². The summed E-state index contributed by atoms with van der Waals surface area (Å²) in [4.78, 5) is 10.6. The fourth-order valence-corrected chi connectivity index (χ4v) is 2.66. The lowest BCUT2D eigenvalue weighted by Gasteiger charge is -2.12. The van der Waals surface area contributed by atoms with Gasteiger partial charge in [-0.2, -0.15) is 0 Å². The number of ether oxygens (including phenoxy) is 1. The normalized spacial score (nSPS) is 22.9. The first-order valence-electron chi connectivity index (χ1n) is 6.28. The molecule has 0 bridgehead atoms. The Morgan fingerprint density at radius 2 is 2.28 bits per heavy atom. The topological polar surface area (TPSA) is 72.5 Å². The number of benzene rings is 1. The fourth-order valence-electron chi connectivity index (χ4n) is 2.66. The second-order valence-electron chi connectivity index (χ2n) is 5.05. The van der Waals surface area contributed by atoms with Crippen LogP contribution >= 0.6 is 0 Å². The van der Waals surface area contributed by atoms with E-state index in [1.165, 1.54) is 5.56 Å². The van der Waals surface area contributed by atoms with Crippen LogP contribution < -0.4 is 5.73 Å². The molecule has 1 aromatic carbocycles. The maximum absolute atomic E-state index is 10.6. The highest BCUT2D eigenvalue weighted by atomic mass is 16.5. The van der Waals surface area contributed by atoms with Crippen LogP contribution in [0.1, 0.15) is 36.3 Å². The van der Waals surface area contributed by atoms with Gasteiger partial charge in [-0.3, -0.25) is 0 Å². The molecule has 0 aromatic heterocycles. The standard InChI is InChI=1S/C14H19NO3/c1-9-6-11(4-5-13(9)16)12-3-2-10(7-12)8-18-14(15)17/h4-6,10,12,16H,2-3,7-8H2,1H3,(H2,15,17). The summed E-state index contributed by atoms with van der Waals surface area (Å²) in [6.45, 7) is 2.32. The summed E-state index contributed by atoms with van der Waals surface area (Å²) in [6.07, 6.45) is 2.46. The molecule has 2 atom stereocenters. The quantitative estimate of drug-likeness (QED) is 0.865. The number of phenols is 1. The molecule has 4 nitrogen and oxygen atoms in total. The summed E-state index contributed by atoms with van der Waals surface area (Å²) in [5.41, 5.74) is 7.13. The third-order valence-corrected chi connectivity index (χ3v) is 3.69. The number of hydrogen-bond donors (Lipinski definition) is 2. The molecule has 2 unspecified atom stereocenters. The molecule has 0 aliphatic heterocycles. The van der Waals surface area contributed by atoms with Crippen LogP contribution in [0.3, 0.4) is 0 Å². The number of amides is 1. The third kappa shape index (κ3) is 2.94. The molecule has 3 N–H and O–H groups in total. The van der Waals surface area contributed by atoms with Crippen LogP contribution in [0, 0.1) is 12.8 Å². The summed E-state index contributed by atoms with van der Waals surface area (Å²) < 4.78 is 4.85. The van der Waals surface area contributed by atoms with E-state index in [2.05, 4.69) is 0 Å². The van der Waals surface area contributed by atoms with Gasteiger partial charge in [0.05, 0.1) is 6.61 Å². The SMILES string of the molecule is Cc1cc(C2CCC(COC(N)=O)C2)ccc1O. The largest absolute Gasteiger partial charge is 0.508 e. The third-order valence-electron chi connectivity index (χ3n) is 3.69. The molecule has 1 aliphatic rings. The zero-order chi connectivity index (χ0) is 13.1. The van der Waals surface area contributed by atoms with Crippen LogP contribution in [-0.2, 0) is 4.74 Å². The van der Waals surface area contributed by atoms with Crippen LogP contribution in [0.15, 0.2) is 18.2 Å². The number of phenolic OH excluding ortho intramolecular Hbond substituents is 1. The Hall–Kier alpha value is -1.71. The number of aromatic hydroxyl groups is 1. The van der Waals surface area contributed by atoms with E-state index in [4.69, 9.17) is 10.5 Å². The van der Waals surface area contributed by atoms with E-state index in [0.29, 0.717) is 24.2 Å². The molecule has 1 fully saturated rings. The Bertz CT molecular complexity index is 445. The lowest BCUT2D eigenvalue weighted by Crippen LogP contribution is -2.17. The molecule has 98 valence electrons. The maximum atomic E-state index is 10.6. The Labute approximate surface area is 107 Å². The Balaban J connectivity index is 1.95. The van der Waals surface area contributed by atoms with Crippen molar-refractivity contribution in [2.24, 2.45) is 11.7 Å². The molecule has 2 rings (SSSR count). The zero-order valence-electron chi connectivity index (χ0n) is 10.6. The second kappa shape index (κ2) is 5.29. The number of aryl methyl sites for hydroxylation is 1. The van der Waals surface area contributed by atoms with Crippen LogP contribution in [0.2, 0.25) is 0 Å². The smallest absolute Gasteiger partial charge is 0.404 e. The van der Waals surface area contributed by atoms with Gasteiger partial charge in [-0.15, -0.1) is 0 Å². The van der Waals surface area contributed by atoms with Crippen molar-refractivity contribution in [3.63, 3.8) is 0 Å². The second-order valence-corrected chi connectivity index (χ2v) is 5.05. The molecule has 0 heterocycles. The van der Waals surface area contributed by atoms with Gasteiger partial charge in [0.25, 0.3) is 0 Å².